The molecule has 84 valence electrons. The van der Waals surface area contributed by atoms with Crippen molar-refractivity contribution in [2.75, 3.05) is 6.61 Å². The minimum absolute atomic E-state index is 0.195. The second kappa shape index (κ2) is 6.87. The normalized spacial score (nSPS) is 12.9. The smallest absolute Gasteiger partial charge is 0.316 e. The maximum Gasteiger partial charge on any atom is 0.416 e. The molecule has 14 heavy (non-hydrogen) atoms. The third-order valence-electron chi connectivity index (χ3n) is 1.17. The zero-order chi connectivity index (χ0) is 11.2. The van der Waals surface area contributed by atoms with Crippen molar-refractivity contribution in [1.82, 2.24) is 0 Å². The van der Waals surface area contributed by atoms with E-state index >= 15 is 0 Å². The highest BCUT2D eigenvalue weighted by atomic mass is 35.5. The van der Waals surface area contributed by atoms with E-state index in [1.54, 1.807) is 0 Å². The number of halogens is 6. The lowest BCUT2D eigenvalue weighted by atomic mass is 10.5. The molecule has 0 aromatic rings. The van der Waals surface area contributed by atoms with Gasteiger partial charge in [0.05, 0.1) is 20.6 Å². The van der Waals surface area contributed by atoms with Crippen LogP contribution in [-0.2, 0) is 4.74 Å². The van der Waals surface area contributed by atoms with Crippen LogP contribution in [0, 0.1) is 0 Å². The summed E-state index contributed by atoms with van der Waals surface area (Å²) >= 11 is 10.7. The van der Waals surface area contributed by atoms with Gasteiger partial charge in [0.1, 0.15) is 0 Å². The summed E-state index contributed by atoms with van der Waals surface area (Å²) in [5, 5.41) is 0. The molecule has 0 N–H and O–H groups in total. The van der Waals surface area contributed by atoms with Crippen molar-refractivity contribution < 1.29 is 22.3 Å². The molecule has 0 bridgehead atoms. The summed E-state index contributed by atoms with van der Waals surface area (Å²) in [7, 11) is 0.195. The van der Waals surface area contributed by atoms with E-state index in [0.717, 1.165) is 0 Å². The van der Waals surface area contributed by atoms with Gasteiger partial charge in [-0.3, -0.25) is 0 Å². The zero-order valence-corrected chi connectivity index (χ0v) is 9.46. The lowest BCUT2D eigenvalue weighted by Gasteiger charge is -2.15. The highest BCUT2D eigenvalue weighted by Crippen LogP contribution is 2.24. The second-order valence-corrected chi connectivity index (χ2v) is 5.63. The first kappa shape index (κ1) is 14.5. The molecule has 0 fully saturated rings. The van der Waals surface area contributed by atoms with Crippen LogP contribution >= 0.6 is 23.2 Å². The van der Waals surface area contributed by atoms with E-state index in [2.05, 4.69) is 4.74 Å². The zero-order valence-electron chi connectivity index (χ0n) is 6.95. The highest BCUT2D eigenvalue weighted by molar-refractivity contribution is 6.68. The van der Waals surface area contributed by atoms with E-state index < -0.39 is 23.6 Å². The van der Waals surface area contributed by atoms with Crippen molar-refractivity contribution in [3.63, 3.8) is 0 Å². The Labute approximate surface area is 91.5 Å². The fourth-order valence-electron chi connectivity index (χ4n) is 0.555. The van der Waals surface area contributed by atoms with Crippen molar-refractivity contribution >= 4 is 32.7 Å². The van der Waals surface area contributed by atoms with Crippen LogP contribution < -0.4 is 0 Å². The Balaban J connectivity index is 3.45. The van der Waals surface area contributed by atoms with Crippen molar-refractivity contribution in [2.45, 2.75) is 29.5 Å². The molecular formula is C6H8Cl2F4OSi. The number of hydrogen-bond acceptors (Lipinski definition) is 1. The largest absolute Gasteiger partial charge is 0.416 e. The van der Waals surface area contributed by atoms with Crippen molar-refractivity contribution in [3.05, 3.63) is 0 Å². The molecule has 0 aromatic heterocycles. The Morgan fingerprint density at radius 3 is 2.29 bits per heavy atom. The summed E-state index contributed by atoms with van der Waals surface area (Å²) in [6.45, 7) is -0.426. The Kier molecular flexibility index (Phi) is 7.10. The van der Waals surface area contributed by atoms with Gasteiger partial charge < -0.3 is 4.74 Å². The predicted molar refractivity (Wildman–Crippen MR) is 47.6 cm³/mol. The average molecular weight is 271 g/mol. The van der Waals surface area contributed by atoms with Gasteiger partial charge in [-0.15, -0.1) is 23.2 Å². The predicted octanol–water partition coefficient (Wildman–Crippen LogP) is 3.13. The maximum atomic E-state index is 12.1. The summed E-state index contributed by atoms with van der Waals surface area (Å²) in [6, 6.07) is 0.483. The van der Waals surface area contributed by atoms with E-state index in [0.29, 0.717) is 6.04 Å². The first-order chi connectivity index (χ1) is 6.36. The molecule has 2 radical (unpaired) electrons. The van der Waals surface area contributed by atoms with E-state index in [-0.39, 0.29) is 15.9 Å². The third-order valence-corrected chi connectivity index (χ3v) is 3.04. The molecule has 0 aliphatic rings. The van der Waals surface area contributed by atoms with Gasteiger partial charge >= 0.3 is 12.5 Å². The summed E-state index contributed by atoms with van der Waals surface area (Å²) < 4.78 is 50.5. The number of alkyl halides is 6. The molecule has 1 nitrogen and oxygen atoms in total. The molecule has 0 rings (SSSR count). The minimum atomic E-state index is -4.36. The standard InChI is InChI=1S/C6H8Cl2F4OSi/c7-5(8)14-3-1-2-13-6(11,12)4(9)10/h4-5H,1-3H2. The fraction of sp³-hybridized carbons (Fsp3) is 1.00. The van der Waals surface area contributed by atoms with Crippen LogP contribution in [0.3, 0.4) is 0 Å². The van der Waals surface area contributed by atoms with E-state index in [1.165, 1.54) is 0 Å². The molecule has 0 heterocycles. The van der Waals surface area contributed by atoms with Gasteiger partial charge in [0.2, 0.25) is 0 Å². The van der Waals surface area contributed by atoms with Crippen LogP contribution in [0.4, 0.5) is 17.6 Å². The molecule has 0 aliphatic heterocycles. The lowest BCUT2D eigenvalue weighted by Crippen LogP contribution is -2.30. The molecule has 8 heteroatoms. The van der Waals surface area contributed by atoms with Gasteiger partial charge in [0.15, 0.2) is 0 Å². The highest BCUT2D eigenvalue weighted by Gasteiger charge is 2.41. The van der Waals surface area contributed by atoms with E-state index in [4.69, 9.17) is 23.2 Å². The summed E-state index contributed by atoms with van der Waals surface area (Å²) in [5.74, 6) is 0. The van der Waals surface area contributed by atoms with E-state index in [9.17, 15) is 17.6 Å². The molecular weight excluding hydrogens is 263 g/mol. The van der Waals surface area contributed by atoms with Gasteiger partial charge in [0, 0.05) is 0 Å². The lowest BCUT2D eigenvalue weighted by molar-refractivity contribution is -0.300. The van der Waals surface area contributed by atoms with Gasteiger partial charge in [-0.05, 0) is 6.42 Å². The Morgan fingerprint density at radius 2 is 1.86 bits per heavy atom. The maximum absolute atomic E-state index is 12.1. The number of ether oxygens (including phenoxy) is 1. The Bertz CT molecular complexity index is 159. The van der Waals surface area contributed by atoms with Crippen LogP contribution in [0.5, 0.6) is 0 Å². The fourth-order valence-corrected chi connectivity index (χ4v) is 1.78. The third kappa shape index (κ3) is 6.86. The minimum Gasteiger partial charge on any atom is -0.316 e. The first-order valence-corrected chi connectivity index (χ1v) is 5.83. The molecule has 0 aromatic carbocycles. The topological polar surface area (TPSA) is 9.23 Å². The summed E-state index contributed by atoms with van der Waals surface area (Å²) in [5.41, 5.74) is 0. The van der Waals surface area contributed by atoms with Crippen molar-refractivity contribution in [3.8, 4) is 0 Å². The molecule has 0 saturated heterocycles. The van der Waals surface area contributed by atoms with Crippen LogP contribution in [0.15, 0.2) is 0 Å². The van der Waals surface area contributed by atoms with Crippen LogP contribution in [-0.4, -0.2) is 33.1 Å². The molecule has 0 aliphatic carbocycles. The van der Waals surface area contributed by atoms with Crippen LogP contribution in [0.25, 0.3) is 0 Å². The average Bonchev–Trinajstić information content (AvgIpc) is 2.02. The molecule has 0 atom stereocenters. The second-order valence-electron chi connectivity index (χ2n) is 2.32. The van der Waals surface area contributed by atoms with Gasteiger partial charge in [-0.2, -0.15) is 8.78 Å². The first-order valence-electron chi connectivity index (χ1n) is 3.67. The van der Waals surface area contributed by atoms with Crippen molar-refractivity contribution in [1.29, 1.82) is 0 Å². The van der Waals surface area contributed by atoms with Crippen LogP contribution in [0.2, 0.25) is 6.04 Å². The van der Waals surface area contributed by atoms with Crippen LogP contribution in [0.1, 0.15) is 6.42 Å². The molecule has 0 unspecified atom stereocenters. The summed E-state index contributed by atoms with van der Waals surface area (Å²) in [4.78, 5) is 0. The SMILES string of the molecule is FC(F)C(F)(F)OCCC[Si]C(Cl)Cl. The van der Waals surface area contributed by atoms with Crippen molar-refractivity contribution in [2.24, 2.45) is 0 Å². The number of rotatable bonds is 7. The molecule has 0 saturated carbocycles. The summed E-state index contributed by atoms with van der Waals surface area (Å²) in [6.07, 6.45) is -7.92. The molecule has 0 amide bonds. The van der Waals surface area contributed by atoms with Gasteiger partial charge in [-0.1, -0.05) is 6.04 Å². The molecule has 0 spiro atoms. The van der Waals surface area contributed by atoms with Gasteiger partial charge in [0.25, 0.3) is 0 Å². The quantitative estimate of drug-likeness (QED) is 0.299. The van der Waals surface area contributed by atoms with Gasteiger partial charge in [-0.25, -0.2) is 8.78 Å². The van der Waals surface area contributed by atoms with E-state index in [1.807, 2.05) is 0 Å². The Hall–Kier alpha value is 0.477. The Morgan fingerprint density at radius 1 is 1.29 bits per heavy atom. The number of hydrogen-bond donors (Lipinski definition) is 0. The monoisotopic (exact) mass is 270 g/mol.